The zero-order valence-electron chi connectivity index (χ0n) is 20.9. The van der Waals surface area contributed by atoms with Gasteiger partial charge in [-0.15, -0.1) is 0 Å². The van der Waals surface area contributed by atoms with E-state index < -0.39 is 11.9 Å². The molecule has 0 atom stereocenters. The van der Waals surface area contributed by atoms with E-state index in [4.69, 9.17) is 34.3 Å². The van der Waals surface area contributed by atoms with Crippen LogP contribution in [0, 0.1) is 0 Å². The van der Waals surface area contributed by atoms with Gasteiger partial charge < -0.3 is 9.47 Å². The highest BCUT2D eigenvalue weighted by molar-refractivity contribution is 6.33. The number of esters is 2. The van der Waals surface area contributed by atoms with Crippen LogP contribution in [0.25, 0.3) is 43.4 Å². The second-order valence-corrected chi connectivity index (χ2v) is 8.19. The Labute approximate surface area is 237 Å². The molecule has 0 unspecified atom stereocenters. The van der Waals surface area contributed by atoms with Gasteiger partial charge in [0, 0.05) is 21.0 Å². The highest BCUT2D eigenvalue weighted by atomic mass is 35.5. The summed E-state index contributed by atoms with van der Waals surface area (Å²) >= 11 is 12.0. The molecule has 0 radical (unpaired) electrons. The van der Waals surface area contributed by atoms with Gasteiger partial charge in [-0.25, -0.2) is 19.6 Å². The van der Waals surface area contributed by atoms with Crippen molar-refractivity contribution in [2.24, 2.45) is 10.2 Å². The molecule has 0 aliphatic heterocycles. The Balaban J connectivity index is 0.000000220. The molecule has 0 amide bonds. The van der Waals surface area contributed by atoms with Crippen molar-refractivity contribution in [3.05, 3.63) is 115 Å². The summed E-state index contributed by atoms with van der Waals surface area (Å²) in [6.45, 7) is 0. The molecule has 0 saturated carbocycles. The fraction of sp³-hybridized carbons (Fsp3) is 0.0769. The van der Waals surface area contributed by atoms with Crippen LogP contribution in [0.1, 0.15) is 20.7 Å². The predicted molar refractivity (Wildman–Crippen MR) is 150 cm³/mol. The number of methoxy groups -OCH3 is 2. The number of benzene rings is 2. The third kappa shape index (κ3) is 7.04. The Kier molecular flexibility index (Phi) is 10.4. The zero-order chi connectivity index (χ0) is 29.1. The summed E-state index contributed by atoms with van der Waals surface area (Å²) in [6, 6.07) is 21.4. The predicted octanol–water partition coefficient (Wildman–Crippen LogP) is 8.26. The van der Waals surface area contributed by atoms with Crippen LogP contribution in [0.2, 0.25) is 10.3 Å². The minimum Gasteiger partial charge on any atom is -0.465 e. The van der Waals surface area contributed by atoms with Gasteiger partial charge in [-0.2, -0.15) is 0 Å². The molecule has 2 aromatic heterocycles. The fourth-order valence-corrected chi connectivity index (χ4v) is 3.88. The smallest absolute Gasteiger partial charge is 0.341 e. The Hall–Kier alpha value is -5.12. The molecule has 14 heteroatoms. The minimum atomic E-state index is -0.704. The van der Waals surface area contributed by atoms with E-state index in [1.807, 2.05) is 60.7 Å². The number of azide groups is 2. The molecule has 0 spiro atoms. The van der Waals surface area contributed by atoms with Crippen molar-refractivity contribution < 1.29 is 19.1 Å². The van der Waals surface area contributed by atoms with Gasteiger partial charge in [0.1, 0.15) is 21.4 Å². The van der Waals surface area contributed by atoms with Gasteiger partial charge in [-0.3, -0.25) is 0 Å². The molecule has 200 valence electrons. The van der Waals surface area contributed by atoms with Crippen LogP contribution < -0.4 is 0 Å². The first-order valence-electron chi connectivity index (χ1n) is 11.1. The lowest BCUT2D eigenvalue weighted by molar-refractivity contribution is 0.0592. The first-order valence-corrected chi connectivity index (χ1v) is 11.9. The number of halogens is 2. The first-order chi connectivity index (χ1) is 19.3. The van der Waals surface area contributed by atoms with Crippen LogP contribution >= 0.6 is 23.2 Å². The molecule has 4 rings (SSSR count). The lowest BCUT2D eigenvalue weighted by Crippen LogP contribution is -2.04. The highest BCUT2D eigenvalue weighted by Crippen LogP contribution is 2.32. The molecule has 2 aromatic carbocycles. The Morgan fingerprint density at radius 1 is 0.700 bits per heavy atom. The lowest BCUT2D eigenvalue weighted by Gasteiger charge is -2.08. The standard InChI is InChI=1S/2C13H9ClN4O2/c2*1-20-13(19)11-10(17-18-15)7-9(16-12(11)14)8-5-3-2-4-6-8/h2*2-7H,1H3. The van der Waals surface area contributed by atoms with Crippen molar-refractivity contribution in [3.63, 3.8) is 0 Å². The van der Waals surface area contributed by atoms with Crippen LogP contribution in [0.4, 0.5) is 11.4 Å². The van der Waals surface area contributed by atoms with Crippen molar-refractivity contribution in [2.45, 2.75) is 0 Å². The zero-order valence-corrected chi connectivity index (χ0v) is 22.4. The average Bonchev–Trinajstić information content (AvgIpc) is 2.97. The molecule has 0 fully saturated rings. The summed E-state index contributed by atoms with van der Waals surface area (Å²) in [6.07, 6.45) is 0. The fourth-order valence-electron chi connectivity index (χ4n) is 3.35. The largest absolute Gasteiger partial charge is 0.465 e. The van der Waals surface area contributed by atoms with E-state index in [-0.39, 0.29) is 32.8 Å². The normalized spacial score (nSPS) is 9.70. The lowest BCUT2D eigenvalue weighted by atomic mass is 10.1. The summed E-state index contributed by atoms with van der Waals surface area (Å²) in [4.78, 5) is 36.9. The summed E-state index contributed by atoms with van der Waals surface area (Å²) in [5.74, 6) is -1.41. The summed E-state index contributed by atoms with van der Waals surface area (Å²) < 4.78 is 9.21. The van der Waals surface area contributed by atoms with Crippen molar-refractivity contribution in [1.29, 1.82) is 0 Å². The average molecular weight is 577 g/mol. The molecule has 0 saturated heterocycles. The van der Waals surface area contributed by atoms with Crippen LogP contribution in [0.15, 0.2) is 83.0 Å². The second kappa shape index (κ2) is 14.1. The van der Waals surface area contributed by atoms with Crippen LogP contribution in [0.5, 0.6) is 0 Å². The van der Waals surface area contributed by atoms with Gasteiger partial charge in [-0.05, 0) is 23.2 Å². The van der Waals surface area contributed by atoms with E-state index in [0.29, 0.717) is 11.4 Å². The number of ether oxygens (including phenoxy) is 2. The Morgan fingerprint density at radius 2 is 1.05 bits per heavy atom. The molecule has 0 bridgehead atoms. The number of nitrogens with zero attached hydrogens (tertiary/aromatic N) is 8. The third-order valence-electron chi connectivity index (χ3n) is 5.13. The van der Waals surface area contributed by atoms with E-state index in [1.54, 1.807) is 0 Å². The van der Waals surface area contributed by atoms with E-state index >= 15 is 0 Å². The van der Waals surface area contributed by atoms with Gasteiger partial charge >= 0.3 is 11.9 Å². The van der Waals surface area contributed by atoms with Crippen molar-refractivity contribution in [1.82, 2.24) is 9.97 Å². The highest BCUT2D eigenvalue weighted by Gasteiger charge is 2.20. The van der Waals surface area contributed by atoms with Gasteiger partial charge in [0.05, 0.1) is 37.0 Å². The van der Waals surface area contributed by atoms with Gasteiger partial charge in [-0.1, -0.05) is 94.1 Å². The van der Waals surface area contributed by atoms with Crippen molar-refractivity contribution in [2.75, 3.05) is 14.2 Å². The van der Waals surface area contributed by atoms with Crippen LogP contribution in [-0.2, 0) is 9.47 Å². The van der Waals surface area contributed by atoms with Crippen LogP contribution in [0.3, 0.4) is 0 Å². The summed E-state index contributed by atoms with van der Waals surface area (Å²) in [5, 5.41) is 6.82. The van der Waals surface area contributed by atoms with E-state index in [1.165, 1.54) is 26.4 Å². The number of carbonyl (C=O) groups excluding carboxylic acids is 2. The maximum absolute atomic E-state index is 11.6. The molecular formula is C26H18Cl2N8O4. The number of hydrogen-bond donors (Lipinski definition) is 0. The first kappa shape index (κ1) is 29.4. The molecule has 0 N–H and O–H groups in total. The van der Waals surface area contributed by atoms with E-state index in [9.17, 15) is 9.59 Å². The van der Waals surface area contributed by atoms with Gasteiger partial charge in [0.25, 0.3) is 0 Å². The Bertz CT molecular complexity index is 1520. The number of carbonyl (C=O) groups is 2. The van der Waals surface area contributed by atoms with Gasteiger partial charge in [0.15, 0.2) is 0 Å². The third-order valence-corrected chi connectivity index (χ3v) is 5.68. The second-order valence-electron chi connectivity index (χ2n) is 7.48. The molecular weight excluding hydrogens is 559 g/mol. The van der Waals surface area contributed by atoms with Crippen molar-refractivity contribution >= 4 is 46.5 Å². The quantitative estimate of drug-likeness (QED) is 0.0732. The number of hydrogen-bond acceptors (Lipinski definition) is 8. The molecule has 2 heterocycles. The summed E-state index contributed by atoms with van der Waals surface area (Å²) in [5.41, 5.74) is 19.8. The van der Waals surface area contributed by atoms with E-state index in [0.717, 1.165) is 11.1 Å². The number of pyridine rings is 2. The topological polar surface area (TPSA) is 176 Å². The summed E-state index contributed by atoms with van der Waals surface area (Å²) in [7, 11) is 2.42. The Morgan fingerprint density at radius 3 is 1.35 bits per heavy atom. The van der Waals surface area contributed by atoms with Crippen LogP contribution in [-0.4, -0.2) is 36.1 Å². The number of rotatable bonds is 6. The maximum Gasteiger partial charge on any atom is 0.341 e. The monoisotopic (exact) mass is 576 g/mol. The SMILES string of the molecule is COC(=O)c1c(N=[N+]=[N-])cc(-c2ccccc2)nc1Cl.COC(=O)c1c(N=[N+]=[N-])cc(-c2ccccc2)nc1Cl. The molecule has 4 aromatic rings. The molecule has 12 nitrogen and oxygen atoms in total. The molecule has 40 heavy (non-hydrogen) atoms. The molecule has 0 aliphatic rings. The minimum absolute atomic E-state index is 0.0494. The molecule has 0 aliphatic carbocycles. The van der Waals surface area contributed by atoms with Gasteiger partial charge in [0.2, 0.25) is 0 Å². The van der Waals surface area contributed by atoms with Crippen molar-refractivity contribution in [3.8, 4) is 22.5 Å². The number of aromatic nitrogens is 2. The van der Waals surface area contributed by atoms with E-state index in [2.05, 4.69) is 39.5 Å². The maximum atomic E-state index is 11.6.